The SMILES string of the molecule is CS(=O)(=O)N[C@@H]1CN(CC(=O)NCc2ccccn2)C[C@H]1C1CC1. The number of aromatic nitrogens is 1. The number of carbonyl (C=O) groups excluding carboxylic acids is 1. The molecule has 0 radical (unpaired) electrons. The van der Waals surface area contributed by atoms with Crippen molar-refractivity contribution in [3.8, 4) is 0 Å². The molecule has 1 saturated carbocycles. The Morgan fingerprint density at radius 1 is 1.33 bits per heavy atom. The van der Waals surface area contributed by atoms with Crippen molar-refractivity contribution in [2.24, 2.45) is 11.8 Å². The van der Waals surface area contributed by atoms with Gasteiger partial charge in [0, 0.05) is 25.3 Å². The van der Waals surface area contributed by atoms with Crippen LogP contribution < -0.4 is 10.0 Å². The van der Waals surface area contributed by atoms with Gasteiger partial charge in [-0.25, -0.2) is 13.1 Å². The third kappa shape index (κ3) is 4.99. The minimum absolute atomic E-state index is 0.0600. The summed E-state index contributed by atoms with van der Waals surface area (Å²) in [6, 6.07) is 5.50. The van der Waals surface area contributed by atoms with Gasteiger partial charge in [0.2, 0.25) is 15.9 Å². The molecule has 0 aromatic carbocycles. The van der Waals surface area contributed by atoms with Crippen LogP contribution in [0.2, 0.25) is 0 Å². The maximum Gasteiger partial charge on any atom is 0.234 e. The number of rotatable bonds is 7. The topological polar surface area (TPSA) is 91.4 Å². The number of carbonyl (C=O) groups is 1. The molecule has 0 spiro atoms. The van der Waals surface area contributed by atoms with E-state index in [1.165, 1.54) is 6.26 Å². The fourth-order valence-electron chi connectivity index (χ4n) is 3.40. The van der Waals surface area contributed by atoms with Crippen molar-refractivity contribution in [2.75, 3.05) is 25.9 Å². The molecule has 8 heteroatoms. The highest BCUT2D eigenvalue weighted by molar-refractivity contribution is 7.88. The van der Waals surface area contributed by atoms with E-state index >= 15 is 0 Å². The van der Waals surface area contributed by atoms with Gasteiger partial charge in [-0.3, -0.25) is 14.7 Å². The summed E-state index contributed by atoms with van der Waals surface area (Å²) in [7, 11) is -3.23. The first-order valence-electron chi connectivity index (χ1n) is 8.27. The lowest BCUT2D eigenvalue weighted by Crippen LogP contribution is -2.41. The molecule has 132 valence electrons. The van der Waals surface area contributed by atoms with E-state index in [0.717, 1.165) is 25.1 Å². The van der Waals surface area contributed by atoms with Crippen molar-refractivity contribution in [3.05, 3.63) is 30.1 Å². The summed E-state index contributed by atoms with van der Waals surface area (Å²) >= 11 is 0. The molecule has 2 atom stereocenters. The molecule has 0 bridgehead atoms. The average molecular weight is 352 g/mol. The number of hydrogen-bond donors (Lipinski definition) is 2. The van der Waals surface area contributed by atoms with Gasteiger partial charge in [-0.15, -0.1) is 0 Å². The van der Waals surface area contributed by atoms with E-state index < -0.39 is 10.0 Å². The molecule has 1 aromatic rings. The number of nitrogens with one attached hydrogen (secondary N) is 2. The molecule has 1 aromatic heterocycles. The Morgan fingerprint density at radius 3 is 2.75 bits per heavy atom. The second-order valence-corrected chi connectivity index (χ2v) is 8.57. The van der Waals surface area contributed by atoms with E-state index in [2.05, 4.69) is 15.0 Å². The Kier molecular flexibility index (Phi) is 5.17. The van der Waals surface area contributed by atoms with E-state index in [0.29, 0.717) is 24.9 Å². The fourth-order valence-corrected chi connectivity index (χ4v) is 4.19. The minimum Gasteiger partial charge on any atom is -0.349 e. The largest absolute Gasteiger partial charge is 0.349 e. The highest BCUT2D eigenvalue weighted by Gasteiger charge is 2.43. The third-order valence-electron chi connectivity index (χ3n) is 4.59. The predicted molar refractivity (Wildman–Crippen MR) is 90.5 cm³/mol. The van der Waals surface area contributed by atoms with Gasteiger partial charge in [0.1, 0.15) is 0 Å². The van der Waals surface area contributed by atoms with Gasteiger partial charge >= 0.3 is 0 Å². The zero-order valence-electron chi connectivity index (χ0n) is 13.8. The molecule has 1 aliphatic heterocycles. The number of pyridine rings is 1. The van der Waals surface area contributed by atoms with Crippen LogP contribution in [0.1, 0.15) is 18.5 Å². The van der Waals surface area contributed by atoms with Crippen LogP contribution in [0.4, 0.5) is 0 Å². The lowest BCUT2D eigenvalue weighted by molar-refractivity contribution is -0.122. The number of amides is 1. The van der Waals surface area contributed by atoms with Crippen molar-refractivity contribution < 1.29 is 13.2 Å². The van der Waals surface area contributed by atoms with E-state index in [9.17, 15) is 13.2 Å². The molecule has 1 aliphatic carbocycles. The average Bonchev–Trinajstić information content (AvgIpc) is 3.28. The molecule has 0 unspecified atom stereocenters. The number of sulfonamides is 1. The third-order valence-corrected chi connectivity index (χ3v) is 5.32. The Morgan fingerprint density at radius 2 is 2.12 bits per heavy atom. The normalized spacial score (nSPS) is 24.9. The number of likely N-dealkylation sites (tertiary alicyclic amines) is 1. The van der Waals surface area contributed by atoms with Crippen LogP contribution in [-0.2, 0) is 21.4 Å². The Hall–Kier alpha value is -1.51. The first-order valence-corrected chi connectivity index (χ1v) is 10.2. The van der Waals surface area contributed by atoms with Crippen molar-refractivity contribution in [1.29, 1.82) is 0 Å². The molecular formula is C16H24N4O3S. The van der Waals surface area contributed by atoms with E-state index in [1.54, 1.807) is 6.20 Å². The molecule has 1 saturated heterocycles. The molecule has 1 amide bonds. The van der Waals surface area contributed by atoms with Crippen LogP contribution in [0.5, 0.6) is 0 Å². The zero-order chi connectivity index (χ0) is 17.2. The number of hydrogen-bond acceptors (Lipinski definition) is 5. The van der Waals surface area contributed by atoms with Gasteiger partial charge in [0.25, 0.3) is 0 Å². The summed E-state index contributed by atoms with van der Waals surface area (Å²) in [4.78, 5) is 18.4. The van der Waals surface area contributed by atoms with Crippen LogP contribution in [0, 0.1) is 11.8 Å². The molecule has 24 heavy (non-hydrogen) atoms. The summed E-state index contributed by atoms with van der Waals surface area (Å²) in [5, 5.41) is 2.87. The predicted octanol–water partition coefficient (Wildman–Crippen LogP) is -0.0426. The standard InChI is InChI=1S/C16H24N4O3S/c1-24(22,23)19-15-10-20(9-14(15)12-5-6-12)11-16(21)18-8-13-4-2-3-7-17-13/h2-4,7,12,14-15,19H,5-6,8-11H2,1H3,(H,18,21)/t14-,15+/m0/s1. The van der Waals surface area contributed by atoms with Crippen molar-refractivity contribution in [2.45, 2.75) is 25.4 Å². The molecular weight excluding hydrogens is 328 g/mol. The Bertz CT molecular complexity index is 676. The maximum absolute atomic E-state index is 12.1. The summed E-state index contributed by atoms with van der Waals surface area (Å²) in [6.07, 6.45) is 5.21. The summed E-state index contributed by atoms with van der Waals surface area (Å²) in [5.41, 5.74) is 0.819. The molecule has 2 fully saturated rings. The summed E-state index contributed by atoms with van der Waals surface area (Å²) in [5.74, 6) is 0.837. The highest BCUT2D eigenvalue weighted by Crippen LogP contribution is 2.41. The van der Waals surface area contributed by atoms with Crippen molar-refractivity contribution in [3.63, 3.8) is 0 Å². The van der Waals surface area contributed by atoms with Crippen LogP contribution >= 0.6 is 0 Å². The molecule has 7 nitrogen and oxygen atoms in total. The Labute approximate surface area is 142 Å². The smallest absolute Gasteiger partial charge is 0.234 e. The quantitative estimate of drug-likeness (QED) is 0.718. The Balaban J connectivity index is 1.50. The second kappa shape index (κ2) is 7.16. The zero-order valence-corrected chi connectivity index (χ0v) is 14.6. The first-order chi connectivity index (χ1) is 11.4. The van der Waals surface area contributed by atoms with Gasteiger partial charge in [0.15, 0.2) is 0 Å². The molecule has 2 N–H and O–H groups in total. The van der Waals surface area contributed by atoms with E-state index in [4.69, 9.17) is 0 Å². The first kappa shape index (κ1) is 17.3. The van der Waals surface area contributed by atoms with Crippen LogP contribution in [-0.4, -0.2) is 56.1 Å². The van der Waals surface area contributed by atoms with Crippen molar-refractivity contribution in [1.82, 2.24) is 19.9 Å². The van der Waals surface area contributed by atoms with Crippen molar-refractivity contribution >= 4 is 15.9 Å². The molecule has 3 rings (SSSR count). The monoisotopic (exact) mass is 352 g/mol. The van der Waals surface area contributed by atoms with Crippen LogP contribution in [0.25, 0.3) is 0 Å². The van der Waals surface area contributed by atoms with Gasteiger partial charge in [-0.05, 0) is 36.8 Å². The lowest BCUT2D eigenvalue weighted by Gasteiger charge is -2.17. The lowest BCUT2D eigenvalue weighted by atomic mass is 9.99. The van der Waals surface area contributed by atoms with Crippen LogP contribution in [0.15, 0.2) is 24.4 Å². The summed E-state index contributed by atoms with van der Waals surface area (Å²) in [6.45, 7) is 2.06. The molecule has 2 heterocycles. The van der Waals surface area contributed by atoms with E-state index in [-0.39, 0.29) is 18.5 Å². The summed E-state index contributed by atoms with van der Waals surface area (Å²) < 4.78 is 25.8. The van der Waals surface area contributed by atoms with Gasteiger partial charge in [0.05, 0.1) is 25.0 Å². The van der Waals surface area contributed by atoms with Gasteiger partial charge in [-0.2, -0.15) is 0 Å². The molecule has 2 aliphatic rings. The fraction of sp³-hybridized carbons (Fsp3) is 0.625. The highest BCUT2D eigenvalue weighted by atomic mass is 32.2. The second-order valence-electron chi connectivity index (χ2n) is 6.79. The minimum atomic E-state index is -3.23. The van der Waals surface area contributed by atoms with Crippen LogP contribution in [0.3, 0.4) is 0 Å². The maximum atomic E-state index is 12.1. The van der Waals surface area contributed by atoms with Gasteiger partial charge in [-0.1, -0.05) is 6.07 Å². The number of nitrogens with zero attached hydrogens (tertiary/aromatic N) is 2. The van der Waals surface area contributed by atoms with E-state index in [1.807, 2.05) is 23.1 Å². The van der Waals surface area contributed by atoms with Gasteiger partial charge < -0.3 is 5.32 Å².